The molecule has 2 aromatic rings. The van der Waals surface area contributed by atoms with E-state index in [0.717, 1.165) is 17.9 Å². The molecule has 0 saturated carbocycles. The van der Waals surface area contributed by atoms with Crippen molar-refractivity contribution in [3.63, 3.8) is 0 Å². The van der Waals surface area contributed by atoms with E-state index in [-0.39, 0.29) is 11.6 Å². The molecule has 7 nitrogen and oxygen atoms in total. The largest absolute Gasteiger partial charge is 0.349 e. The van der Waals surface area contributed by atoms with Gasteiger partial charge in [-0.05, 0) is 18.2 Å². The molecule has 21 heavy (non-hydrogen) atoms. The second-order valence-electron chi connectivity index (χ2n) is 4.47. The number of imidazole rings is 1. The molecule has 3 N–H and O–H groups in total. The predicted molar refractivity (Wildman–Crippen MR) is 79.1 cm³/mol. The first kappa shape index (κ1) is 15.6. The number of aromatic nitrogens is 3. The maximum atomic E-state index is 12.1. The van der Waals surface area contributed by atoms with Crippen LogP contribution in [0.4, 0.5) is 0 Å². The molecule has 0 bridgehead atoms. The lowest BCUT2D eigenvalue weighted by Crippen LogP contribution is -2.27. The van der Waals surface area contributed by atoms with E-state index in [1.807, 2.05) is 6.92 Å². The van der Waals surface area contributed by atoms with Gasteiger partial charge in [-0.2, -0.15) is 0 Å². The quantitative estimate of drug-likeness (QED) is 0.657. The molecular formula is C13H19N5O2S. The fraction of sp³-hybridized carbons (Fsp3) is 0.385. The number of H-pyrrole nitrogens is 1. The second kappa shape index (κ2) is 7.30. The Hall–Kier alpha value is -1.77. The van der Waals surface area contributed by atoms with Gasteiger partial charge in [-0.25, -0.2) is 23.1 Å². The Labute approximate surface area is 124 Å². The van der Waals surface area contributed by atoms with Crippen LogP contribution < -0.4 is 10.0 Å². The van der Waals surface area contributed by atoms with E-state index in [2.05, 4.69) is 25.0 Å². The summed E-state index contributed by atoms with van der Waals surface area (Å²) in [6.45, 7) is 3.82. The third-order valence-electron chi connectivity index (χ3n) is 2.86. The molecule has 114 valence electrons. The van der Waals surface area contributed by atoms with E-state index >= 15 is 0 Å². The molecule has 0 atom stereocenters. The van der Waals surface area contributed by atoms with Crippen LogP contribution in [0.1, 0.15) is 18.3 Å². The average molecular weight is 309 g/mol. The Balaban J connectivity index is 1.92. The Kier molecular flexibility index (Phi) is 5.43. The summed E-state index contributed by atoms with van der Waals surface area (Å²) in [6.07, 6.45) is 5.41. The number of rotatable bonds is 8. The third kappa shape index (κ3) is 4.62. The Morgan fingerprint density at radius 1 is 1.29 bits per heavy atom. The molecule has 0 aliphatic heterocycles. The average Bonchev–Trinajstić information content (AvgIpc) is 2.98. The zero-order valence-corrected chi connectivity index (χ0v) is 12.7. The highest BCUT2D eigenvalue weighted by Gasteiger charge is 2.14. The molecule has 2 aromatic heterocycles. The molecule has 8 heteroatoms. The van der Waals surface area contributed by atoms with Crippen molar-refractivity contribution in [3.8, 4) is 0 Å². The Morgan fingerprint density at radius 2 is 2.14 bits per heavy atom. The van der Waals surface area contributed by atoms with Crippen molar-refractivity contribution in [1.82, 2.24) is 25.0 Å². The summed E-state index contributed by atoms with van der Waals surface area (Å²) in [6, 6.07) is 3.28. The molecule has 0 saturated heterocycles. The van der Waals surface area contributed by atoms with Gasteiger partial charge in [0.05, 0.1) is 0 Å². The molecule has 0 radical (unpaired) electrons. The highest BCUT2D eigenvalue weighted by molar-refractivity contribution is 7.89. The highest BCUT2D eigenvalue weighted by atomic mass is 32.2. The minimum atomic E-state index is -3.57. The van der Waals surface area contributed by atoms with E-state index in [1.54, 1.807) is 24.7 Å². The van der Waals surface area contributed by atoms with Gasteiger partial charge in [0.1, 0.15) is 5.82 Å². The number of sulfonamides is 1. The number of nitrogens with one attached hydrogen (secondary N) is 3. The summed E-state index contributed by atoms with van der Waals surface area (Å²) in [7, 11) is -3.57. The number of hydrogen-bond acceptors (Lipinski definition) is 5. The molecule has 2 heterocycles. The fourth-order valence-electron chi connectivity index (χ4n) is 1.76. The van der Waals surface area contributed by atoms with Crippen LogP contribution >= 0.6 is 0 Å². The summed E-state index contributed by atoms with van der Waals surface area (Å²) in [4.78, 5) is 11.0. The van der Waals surface area contributed by atoms with Crippen LogP contribution in [-0.4, -0.2) is 36.5 Å². The maximum Gasteiger partial charge on any atom is 0.258 e. The molecule has 0 fully saturated rings. The summed E-state index contributed by atoms with van der Waals surface area (Å²) in [5.41, 5.74) is 0.950. The van der Waals surface area contributed by atoms with Gasteiger partial charge in [-0.15, -0.1) is 0 Å². The van der Waals surface area contributed by atoms with Gasteiger partial charge in [0.25, 0.3) is 10.0 Å². The first-order chi connectivity index (χ1) is 10.1. The Bertz CT molecular complexity index is 638. The van der Waals surface area contributed by atoms with E-state index in [1.165, 1.54) is 6.07 Å². The molecule has 0 spiro atoms. The number of pyridine rings is 1. The van der Waals surface area contributed by atoms with Crippen molar-refractivity contribution in [3.05, 3.63) is 42.1 Å². The lowest BCUT2D eigenvalue weighted by Gasteiger charge is -2.06. The van der Waals surface area contributed by atoms with Gasteiger partial charge in [-0.3, -0.25) is 0 Å². The monoisotopic (exact) mass is 309 g/mol. The lowest BCUT2D eigenvalue weighted by atomic mass is 10.3. The van der Waals surface area contributed by atoms with E-state index < -0.39 is 10.0 Å². The van der Waals surface area contributed by atoms with Crippen LogP contribution in [0.5, 0.6) is 0 Å². The molecular weight excluding hydrogens is 290 g/mol. The smallest absolute Gasteiger partial charge is 0.258 e. The molecule has 0 aliphatic rings. The molecule has 0 unspecified atom stereocenters. The topological polar surface area (TPSA) is 99.8 Å². The van der Waals surface area contributed by atoms with Crippen molar-refractivity contribution in [2.75, 3.05) is 13.1 Å². The zero-order valence-electron chi connectivity index (χ0n) is 11.8. The lowest BCUT2D eigenvalue weighted by molar-refractivity contribution is 0.577. The number of hydrogen-bond donors (Lipinski definition) is 3. The van der Waals surface area contributed by atoms with E-state index in [0.29, 0.717) is 13.0 Å². The van der Waals surface area contributed by atoms with Crippen LogP contribution in [-0.2, 0) is 23.0 Å². The van der Waals surface area contributed by atoms with Gasteiger partial charge in [0, 0.05) is 38.1 Å². The third-order valence-corrected chi connectivity index (χ3v) is 4.24. The van der Waals surface area contributed by atoms with Gasteiger partial charge in [0.2, 0.25) is 0 Å². The normalized spacial score (nSPS) is 11.7. The number of nitrogens with zero attached hydrogens (tertiary/aromatic N) is 2. The minimum absolute atomic E-state index is 0.0298. The van der Waals surface area contributed by atoms with Crippen LogP contribution in [0.3, 0.4) is 0 Å². The Morgan fingerprint density at radius 3 is 2.76 bits per heavy atom. The molecule has 0 amide bonds. The fourth-order valence-corrected chi connectivity index (χ4v) is 2.71. The van der Waals surface area contributed by atoms with Crippen molar-refractivity contribution in [2.45, 2.75) is 24.9 Å². The summed E-state index contributed by atoms with van der Waals surface area (Å²) in [5, 5.41) is 3.19. The van der Waals surface area contributed by atoms with Crippen molar-refractivity contribution < 1.29 is 8.42 Å². The number of aromatic amines is 1. The second-order valence-corrected chi connectivity index (χ2v) is 6.18. The summed E-state index contributed by atoms with van der Waals surface area (Å²) < 4.78 is 26.6. The highest BCUT2D eigenvalue weighted by Crippen LogP contribution is 2.06. The zero-order chi connectivity index (χ0) is 15.1. The molecule has 2 rings (SSSR count). The van der Waals surface area contributed by atoms with Gasteiger partial charge in [0.15, 0.2) is 5.03 Å². The molecule has 0 aliphatic carbocycles. The predicted octanol–water partition coefficient (Wildman–Crippen LogP) is 0.435. The van der Waals surface area contributed by atoms with Crippen LogP contribution in [0.15, 0.2) is 35.7 Å². The maximum absolute atomic E-state index is 12.1. The SMILES string of the molecule is CCNCc1ccc(S(=O)(=O)NCCc2ncc[nH]2)nc1. The van der Waals surface area contributed by atoms with Crippen LogP contribution in [0.2, 0.25) is 0 Å². The first-order valence-corrected chi connectivity index (χ1v) is 8.23. The van der Waals surface area contributed by atoms with Gasteiger partial charge < -0.3 is 10.3 Å². The van der Waals surface area contributed by atoms with Gasteiger partial charge >= 0.3 is 0 Å². The van der Waals surface area contributed by atoms with Crippen LogP contribution in [0, 0.1) is 0 Å². The van der Waals surface area contributed by atoms with Crippen molar-refractivity contribution >= 4 is 10.0 Å². The first-order valence-electron chi connectivity index (χ1n) is 6.75. The van der Waals surface area contributed by atoms with Crippen molar-refractivity contribution in [2.24, 2.45) is 0 Å². The summed E-state index contributed by atoms with van der Waals surface area (Å²) in [5.74, 6) is 0.742. The van der Waals surface area contributed by atoms with E-state index in [9.17, 15) is 8.42 Å². The minimum Gasteiger partial charge on any atom is -0.349 e. The van der Waals surface area contributed by atoms with Crippen molar-refractivity contribution in [1.29, 1.82) is 0 Å². The molecule has 0 aromatic carbocycles. The van der Waals surface area contributed by atoms with Gasteiger partial charge in [-0.1, -0.05) is 13.0 Å². The standard InChI is InChI=1S/C13H19N5O2S/c1-2-14-9-11-3-4-13(17-10-11)21(19,20)18-6-5-12-15-7-8-16-12/h3-4,7-8,10,14,18H,2,5-6,9H2,1H3,(H,15,16). The van der Waals surface area contributed by atoms with Crippen LogP contribution in [0.25, 0.3) is 0 Å². The van der Waals surface area contributed by atoms with E-state index in [4.69, 9.17) is 0 Å². The summed E-state index contributed by atoms with van der Waals surface area (Å²) >= 11 is 0.